The molecular formula is C23H20N4O7S. The monoisotopic (exact) mass is 496 g/mol. The molecule has 0 unspecified atom stereocenters. The van der Waals surface area contributed by atoms with Gasteiger partial charge in [0.2, 0.25) is 0 Å². The van der Waals surface area contributed by atoms with Crippen LogP contribution in [0.2, 0.25) is 0 Å². The van der Waals surface area contributed by atoms with Gasteiger partial charge in [0.25, 0.3) is 23.4 Å². The van der Waals surface area contributed by atoms with E-state index in [1.807, 2.05) is 0 Å². The number of anilines is 1. The second-order valence-corrected chi connectivity index (χ2v) is 9.16. The molecule has 0 radical (unpaired) electrons. The molecule has 1 aromatic heterocycles. The fourth-order valence-corrected chi connectivity index (χ4v) is 5.47. The number of rotatable bonds is 7. The molecule has 0 fully saturated rings. The molecule has 2 heterocycles. The number of imide groups is 1. The van der Waals surface area contributed by atoms with E-state index in [1.54, 1.807) is 6.92 Å². The number of nitrogens with one attached hydrogen (secondary N) is 1. The van der Waals surface area contributed by atoms with Gasteiger partial charge in [-0.05, 0) is 43.7 Å². The summed E-state index contributed by atoms with van der Waals surface area (Å²) in [6.07, 6.45) is 2.49. The summed E-state index contributed by atoms with van der Waals surface area (Å²) in [6, 6.07) is 5.79. The van der Waals surface area contributed by atoms with Gasteiger partial charge in [0.15, 0.2) is 6.10 Å². The van der Waals surface area contributed by atoms with E-state index in [0.29, 0.717) is 15.5 Å². The van der Waals surface area contributed by atoms with Gasteiger partial charge in [0.05, 0.1) is 16.1 Å². The molecule has 1 aliphatic heterocycles. The smallest absolute Gasteiger partial charge is 0.327 e. The van der Waals surface area contributed by atoms with Crippen LogP contribution in [0.1, 0.15) is 62.9 Å². The molecule has 0 bridgehead atoms. The van der Waals surface area contributed by atoms with E-state index in [-0.39, 0.29) is 17.5 Å². The molecule has 1 aliphatic carbocycles. The Bertz CT molecular complexity index is 1310. The molecule has 0 spiro atoms. The van der Waals surface area contributed by atoms with Gasteiger partial charge < -0.3 is 10.1 Å². The quantitative estimate of drug-likeness (QED) is 0.265. The Hall–Kier alpha value is -4.11. The minimum Gasteiger partial charge on any atom is -0.451 e. The van der Waals surface area contributed by atoms with Crippen LogP contribution >= 0.6 is 11.3 Å². The average Bonchev–Trinajstić information content (AvgIpc) is 3.31. The first-order chi connectivity index (χ1) is 16.8. The molecule has 0 saturated heterocycles. The van der Waals surface area contributed by atoms with Crippen molar-refractivity contribution in [3.8, 4) is 6.07 Å². The summed E-state index contributed by atoms with van der Waals surface area (Å²) in [6.45, 7) is 0.817. The minimum atomic E-state index is -1.22. The van der Waals surface area contributed by atoms with Crippen LogP contribution in [-0.4, -0.2) is 46.2 Å². The molecule has 2 aromatic rings. The van der Waals surface area contributed by atoms with Gasteiger partial charge in [-0.2, -0.15) is 5.26 Å². The Kier molecular flexibility index (Phi) is 6.61. The Morgan fingerprint density at radius 1 is 1.29 bits per heavy atom. The average molecular weight is 497 g/mol. The van der Waals surface area contributed by atoms with Crippen molar-refractivity contribution in [3.63, 3.8) is 0 Å². The van der Waals surface area contributed by atoms with Crippen LogP contribution in [0.5, 0.6) is 0 Å². The number of thiophene rings is 1. The molecule has 0 saturated carbocycles. The number of hydrogen-bond donors (Lipinski definition) is 1. The third-order valence-electron chi connectivity index (χ3n) is 5.92. The summed E-state index contributed by atoms with van der Waals surface area (Å²) in [5, 5.41) is 23.9. The Labute approximate surface area is 203 Å². The number of esters is 1. The lowest BCUT2D eigenvalue weighted by Crippen LogP contribution is -2.39. The van der Waals surface area contributed by atoms with Crippen LogP contribution in [0, 0.1) is 21.4 Å². The van der Waals surface area contributed by atoms with Crippen LogP contribution in [-0.2, 0) is 27.2 Å². The fraction of sp³-hybridized carbons (Fsp3) is 0.348. The summed E-state index contributed by atoms with van der Waals surface area (Å²) in [5.74, 6) is -3.48. The number of nitriles is 1. The standard InChI is InChI=1S/C23H20N4O7S/c1-2-16(20(29)25-21-14(10-24)12-6-3-4-9-17(12)35-21)34-18(28)11-26-22(30)13-7-5-8-15(27(32)33)19(13)23(26)31/h5,7-8,16H,2-4,6,9,11H2,1H3,(H,25,29)/t16-/m1/s1. The highest BCUT2D eigenvalue weighted by molar-refractivity contribution is 7.16. The summed E-state index contributed by atoms with van der Waals surface area (Å²) in [5.41, 5.74) is 0.281. The number of nitrogens with zero attached hydrogens (tertiary/aromatic N) is 3. The van der Waals surface area contributed by atoms with Crippen molar-refractivity contribution in [2.75, 3.05) is 11.9 Å². The number of nitro benzene ring substituents is 1. The largest absolute Gasteiger partial charge is 0.451 e. The zero-order valence-electron chi connectivity index (χ0n) is 18.7. The Morgan fingerprint density at radius 3 is 2.71 bits per heavy atom. The van der Waals surface area contributed by atoms with Crippen molar-refractivity contribution in [2.24, 2.45) is 0 Å². The van der Waals surface area contributed by atoms with E-state index >= 15 is 0 Å². The van der Waals surface area contributed by atoms with Crippen LogP contribution in [0.15, 0.2) is 18.2 Å². The second-order valence-electron chi connectivity index (χ2n) is 8.06. The van der Waals surface area contributed by atoms with Gasteiger partial charge in [-0.1, -0.05) is 13.0 Å². The summed E-state index contributed by atoms with van der Waals surface area (Å²) in [4.78, 5) is 62.7. The summed E-state index contributed by atoms with van der Waals surface area (Å²) < 4.78 is 5.24. The molecule has 3 amide bonds. The van der Waals surface area contributed by atoms with Gasteiger partial charge in [-0.15, -0.1) is 11.3 Å². The fourth-order valence-electron chi connectivity index (χ4n) is 4.22. The number of hydrogen-bond acceptors (Lipinski definition) is 9. The van der Waals surface area contributed by atoms with Gasteiger partial charge in [0, 0.05) is 10.9 Å². The third kappa shape index (κ3) is 4.38. The van der Waals surface area contributed by atoms with Crippen molar-refractivity contribution >= 4 is 45.7 Å². The first-order valence-corrected chi connectivity index (χ1v) is 11.8. The van der Waals surface area contributed by atoms with E-state index in [2.05, 4.69) is 11.4 Å². The lowest BCUT2D eigenvalue weighted by atomic mass is 9.96. The number of aryl methyl sites for hydroxylation is 1. The molecule has 12 heteroatoms. The minimum absolute atomic E-state index is 0.109. The highest BCUT2D eigenvalue weighted by Crippen LogP contribution is 2.37. The highest BCUT2D eigenvalue weighted by atomic mass is 32.1. The number of nitro groups is 1. The molecule has 35 heavy (non-hydrogen) atoms. The highest BCUT2D eigenvalue weighted by Gasteiger charge is 2.42. The third-order valence-corrected chi connectivity index (χ3v) is 7.12. The lowest BCUT2D eigenvalue weighted by molar-refractivity contribution is -0.385. The van der Waals surface area contributed by atoms with Crippen molar-refractivity contribution in [1.82, 2.24) is 4.90 Å². The number of ether oxygens (including phenoxy) is 1. The van der Waals surface area contributed by atoms with Crippen LogP contribution < -0.4 is 5.32 Å². The van der Waals surface area contributed by atoms with Crippen molar-refractivity contribution in [2.45, 2.75) is 45.1 Å². The normalized spacial score (nSPS) is 15.1. The zero-order chi connectivity index (χ0) is 25.3. The number of fused-ring (bicyclic) bond motifs is 2. The van der Waals surface area contributed by atoms with Gasteiger partial charge >= 0.3 is 5.97 Å². The summed E-state index contributed by atoms with van der Waals surface area (Å²) >= 11 is 1.34. The van der Waals surface area contributed by atoms with Gasteiger partial charge in [0.1, 0.15) is 23.2 Å². The topological polar surface area (TPSA) is 160 Å². The van der Waals surface area contributed by atoms with Crippen LogP contribution in [0.25, 0.3) is 0 Å². The maximum atomic E-state index is 12.8. The maximum Gasteiger partial charge on any atom is 0.327 e. The molecule has 2 aliphatic rings. The van der Waals surface area contributed by atoms with Gasteiger partial charge in [-0.25, -0.2) is 0 Å². The first kappa shape index (κ1) is 24.0. The second kappa shape index (κ2) is 9.63. The van der Waals surface area contributed by atoms with E-state index < -0.39 is 47.0 Å². The zero-order valence-corrected chi connectivity index (χ0v) is 19.5. The predicted molar refractivity (Wildman–Crippen MR) is 123 cm³/mol. The van der Waals surface area contributed by atoms with Crippen LogP contribution in [0.4, 0.5) is 10.7 Å². The van der Waals surface area contributed by atoms with Gasteiger partial charge in [-0.3, -0.25) is 34.2 Å². The summed E-state index contributed by atoms with van der Waals surface area (Å²) in [7, 11) is 0. The van der Waals surface area contributed by atoms with E-state index in [4.69, 9.17) is 4.74 Å². The molecule has 180 valence electrons. The molecule has 4 rings (SSSR count). The Balaban J connectivity index is 1.45. The molecule has 1 N–H and O–H groups in total. The number of carbonyl (C=O) groups is 4. The van der Waals surface area contributed by atoms with E-state index in [1.165, 1.54) is 23.5 Å². The van der Waals surface area contributed by atoms with Crippen molar-refractivity contribution in [3.05, 3.63) is 55.4 Å². The maximum absolute atomic E-state index is 12.8. The lowest BCUT2D eigenvalue weighted by Gasteiger charge is -2.18. The Morgan fingerprint density at radius 2 is 2.03 bits per heavy atom. The van der Waals surface area contributed by atoms with E-state index in [9.17, 15) is 34.6 Å². The number of benzene rings is 1. The molecule has 1 atom stereocenters. The van der Waals surface area contributed by atoms with Crippen molar-refractivity contribution in [1.29, 1.82) is 5.26 Å². The van der Waals surface area contributed by atoms with Crippen LogP contribution in [0.3, 0.4) is 0 Å². The van der Waals surface area contributed by atoms with Crippen molar-refractivity contribution < 1.29 is 28.8 Å². The number of carbonyl (C=O) groups excluding carboxylic acids is 4. The molecule has 1 aromatic carbocycles. The SMILES string of the molecule is CC[C@@H](OC(=O)CN1C(=O)c2cccc([N+](=O)[O-])c2C1=O)C(=O)Nc1sc2c(c1C#N)CCCC2. The predicted octanol–water partition coefficient (Wildman–Crippen LogP) is 2.96. The molecule has 11 nitrogen and oxygen atoms in total. The van der Waals surface area contributed by atoms with E-state index in [0.717, 1.165) is 42.2 Å². The first-order valence-electron chi connectivity index (χ1n) is 10.9. The molecular weight excluding hydrogens is 476 g/mol. The number of amides is 3.